The molecule has 1 rings (SSSR count). The highest BCUT2D eigenvalue weighted by Gasteiger charge is 1.93. The molecule has 0 unspecified atom stereocenters. The Morgan fingerprint density at radius 3 is 3.00 bits per heavy atom. The molecule has 0 spiro atoms. The summed E-state index contributed by atoms with van der Waals surface area (Å²) in [7, 11) is 0. The summed E-state index contributed by atoms with van der Waals surface area (Å²) in [6, 6.07) is 1.75. The Balaban J connectivity index is 2.96. The molecule has 48 valence electrons. The van der Waals surface area contributed by atoms with Gasteiger partial charge in [-0.05, 0) is 6.07 Å². The first-order valence-corrected chi connectivity index (χ1v) is 2.80. The molecule has 0 saturated heterocycles. The monoisotopic (exact) mass is 130 g/mol. The van der Waals surface area contributed by atoms with E-state index in [1.807, 2.05) is 0 Å². The third kappa shape index (κ3) is 1.01. The van der Waals surface area contributed by atoms with Crippen LogP contribution in [0.1, 0.15) is 5.69 Å². The summed E-state index contributed by atoms with van der Waals surface area (Å²) in [5, 5.41) is 3.91. The van der Waals surface area contributed by atoms with Gasteiger partial charge in [0.1, 0.15) is 12.2 Å². The number of rotatable bonds is 1. The van der Waals surface area contributed by atoms with Crippen LogP contribution in [0.25, 0.3) is 0 Å². The maximum Gasteiger partial charge on any atom is 0.112 e. The van der Waals surface area contributed by atoms with Crippen LogP contribution in [0.5, 0.6) is 0 Å². The van der Waals surface area contributed by atoms with Crippen molar-refractivity contribution in [1.82, 2.24) is 9.78 Å². The highest BCUT2D eigenvalue weighted by atomic mass is 15.3. The summed E-state index contributed by atoms with van der Waals surface area (Å²) in [6.07, 6.45) is 11.8. The van der Waals surface area contributed by atoms with Crippen LogP contribution in [0.2, 0.25) is 0 Å². The first-order chi connectivity index (χ1) is 4.88. The van der Waals surface area contributed by atoms with Crippen LogP contribution in [0, 0.1) is 24.7 Å². The molecule has 2 nitrogen and oxygen atoms in total. The van der Waals surface area contributed by atoms with Crippen molar-refractivity contribution in [2.45, 2.75) is 6.54 Å². The van der Waals surface area contributed by atoms with Crippen LogP contribution in [0.15, 0.2) is 12.3 Å². The van der Waals surface area contributed by atoms with Crippen molar-refractivity contribution in [2.75, 3.05) is 0 Å². The van der Waals surface area contributed by atoms with Crippen molar-refractivity contribution < 1.29 is 0 Å². The predicted molar refractivity (Wildman–Crippen MR) is 39.0 cm³/mol. The van der Waals surface area contributed by atoms with E-state index in [4.69, 9.17) is 12.8 Å². The first-order valence-electron chi connectivity index (χ1n) is 2.80. The van der Waals surface area contributed by atoms with Gasteiger partial charge in [-0.15, -0.1) is 12.8 Å². The average molecular weight is 130 g/mol. The van der Waals surface area contributed by atoms with Crippen LogP contribution >= 0.6 is 0 Å². The highest BCUT2D eigenvalue weighted by Crippen LogP contribution is 1.93. The molecular weight excluding hydrogens is 124 g/mol. The van der Waals surface area contributed by atoms with Crippen LogP contribution in [-0.4, -0.2) is 9.78 Å². The van der Waals surface area contributed by atoms with Crippen LogP contribution in [0.3, 0.4) is 0 Å². The lowest BCUT2D eigenvalue weighted by molar-refractivity contribution is 0.707. The van der Waals surface area contributed by atoms with E-state index in [1.165, 1.54) is 0 Å². The molecule has 0 saturated carbocycles. The third-order valence-electron chi connectivity index (χ3n) is 1.11. The molecule has 1 aromatic rings. The number of hydrogen-bond donors (Lipinski definition) is 0. The maximum absolute atomic E-state index is 5.15. The quantitative estimate of drug-likeness (QED) is 0.506. The van der Waals surface area contributed by atoms with Gasteiger partial charge in [0.25, 0.3) is 0 Å². The van der Waals surface area contributed by atoms with E-state index in [0.29, 0.717) is 6.54 Å². The lowest BCUT2D eigenvalue weighted by Crippen LogP contribution is -1.99. The van der Waals surface area contributed by atoms with Crippen molar-refractivity contribution in [3.8, 4) is 24.7 Å². The predicted octanol–water partition coefficient (Wildman–Crippen LogP) is 0.498. The van der Waals surface area contributed by atoms with Gasteiger partial charge in [-0.3, -0.25) is 0 Å². The molecule has 0 aliphatic heterocycles. The number of nitrogens with zero attached hydrogens (tertiary/aromatic N) is 2. The zero-order valence-electron chi connectivity index (χ0n) is 5.41. The van der Waals surface area contributed by atoms with Crippen molar-refractivity contribution in [3.63, 3.8) is 0 Å². The minimum atomic E-state index is 0.437. The first kappa shape index (κ1) is 6.45. The smallest absolute Gasteiger partial charge is 0.112 e. The van der Waals surface area contributed by atoms with E-state index in [9.17, 15) is 0 Å². The lowest BCUT2D eigenvalue weighted by atomic mass is 10.4. The number of terminal acetylenes is 2. The van der Waals surface area contributed by atoms with Crippen molar-refractivity contribution in [1.29, 1.82) is 0 Å². The Hall–Kier alpha value is -1.67. The average Bonchev–Trinajstić information content (AvgIpc) is 2.36. The largest absolute Gasteiger partial charge is 0.245 e. The van der Waals surface area contributed by atoms with Gasteiger partial charge in [0, 0.05) is 0 Å². The van der Waals surface area contributed by atoms with Gasteiger partial charge in [-0.25, -0.2) is 4.68 Å². The van der Waals surface area contributed by atoms with Crippen LogP contribution in [0.4, 0.5) is 0 Å². The van der Waals surface area contributed by atoms with E-state index in [0.717, 1.165) is 5.69 Å². The fourth-order valence-electron chi connectivity index (χ4n) is 0.668. The molecule has 0 amide bonds. The molecule has 0 aromatic carbocycles. The number of hydrogen-bond acceptors (Lipinski definition) is 1. The van der Waals surface area contributed by atoms with Gasteiger partial charge in [0.05, 0.1) is 6.20 Å². The zero-order chi connectivity index (χ0) is 7.40. The molecule has 0 aliphatic rings. The highest BCUT2D eigenvalue weighted by molar-refractivity contribution is 5.23. The summed E-state index contributed by atoms with van der Waals surface area (Å²) in [5.74, 6) is 4.92. The molecule has 0 radical (unpaired) electrons. The van der Waals surface area contributed by atoms with Gasteiger partial charge in [-0.2, -0.15) is 5.10 Å². The lowest BCUT2D eigenvalue weighted by Gasteiger charge is -1.93. The molecule has 0 aliphatic carbocycles. The molecule has 2 heteroatoms. The second kappa shape index (κ2) is 2.75. The Morgan fingerprint density at radius 1 is 1.60 bits per heavy atom. The summed E-state index contributed by atoms with van der Waals surface area (Å²) in [5.41, 5.74) is 0.720. The topological polar surface area (TPSA) is 17.8 Å². The normalized spacial score (nSPS) is 8.20. The van der Waals surface area contributed by atoms with Gasteiger partial charge in [-0.1, -0.05) is 11.8 Å². The van der Waals surface area contributed by atoms with Gasteiger partial charge in [0.2, 0.25) is 0 Å². The maximum atomic E-state index is 5.15. The second-order valence-corrected chi connectivity index (χ2v) is 1.72. The summed E-state index contributed by atoms with van der Waals surface area (Å²) < 4.78 is 1.60. The van der Waals surface area contributed by atoms with Gasteiger partial charge in [0.15, 0.2) is 0 Å². The van der Waals surface area contributed by atoms with Crippen LogP contribution < -0.4 is 0 Å². The Bertz CT molecular complexity index is 296. The van der Waals surface area contributed by atoms with Gasteiger partial charge >= 0.3 is 0 Å². The molecule has 0 atom stereocenters. The van der Waals surface area contributed by atoms with Crippen molar-refractivity contribution in [2.24, 2.45) is 0 Å². The molecular formula is C8H6N2. The molecule has 0 bridgehead atoms. The minimum Gasteiger partial charge on any atom is -0.245 e. The molecule has 0 N–H and O–H groups in total. The van der Waals surface area contributed by atoms with E-state index in [2.05, 4.69) is 16.9 Å². The molecule has 1 aromatic heterocycles. The standard InChI is InChI=1S/C8H6N2/c1-3-7-10-8(4-2)5-6-9-10/h1-2,5-6H,7H2. The molecule has 0 fully saturated rings. The van der Waals surface area contributed by atoms with E-state index in [-0.39, 0.29) is 0 Å². The Kier molecular flexibility index (Phi) is 1.78. The fraction of sp³-hybridized carbons (Fsp3) is 0.125. The Morgan fingerprint density at radius 2 is 2.40 bits per heavy atom. The minimum absolute atomic E-state index is 0.437. The zero-order valence-corrected chi connectivity index (χ0v) is 5.41. The molecule has 1 heterocycles. The van der Waals surface area contributed by atoms with E-state index in [1.54, 1.807) is 16.9 Å². The summed E-state index contributed by atoms with van der Waals surface area (Å²) >= 11 is 0. The Labute approximate surface area is 59.9 Å². The van der Waals surface area contributed by atoms with Crippen LogP contribution in [-0.2, 0) is 6.54 Å². The van der Waals surface area contributed by atoms with Crippen molar-refractivity contribution >= 4 is 0 Å². The molecule has 10 heavy (non-hydrogen) atoms. The van der Waals surface area contributed by atoms with Crippen molar-refractivity contribution in [3.05, 3.63) is 18.0 Å². The van der Waals surface area contributed by atoms with E-state index < -0.39 is 0 Å². The summed E-state index contributed by atoms with van der Waals surface area (Å²) in [6.45, 7) is 0.437. The summed E-state index contributed by atoms with van der Waals surface area (Å²) in [4.78, 5) is 0. The SMILES string of the molecule is C#CCn1nccc1C#C. The second-order valence-electron chi connectivity index (χ2n) is 1.72. The van der Waals surface area contributed by atoms with Gasteiger partial charge < -0.3 is 0 Å². The third-order valence-corrected chi connectivity index (χ3v) is 1.11. The fourth-order valence-corrected chi connectivity index (χ4v) is 0.668. The van der Waals surface area contributed by atoms with E-state index >= 15 is 0 Å². The number of aromatic nitrogens is 2.